The van der Waals surface area contributed by atoms with Gasteiger partial charge in [0.25, 0.3) is 0 Å². The zero-order chi connectivity index (χ0) is 15.0. The van der Waals surface area contributed by atoms with Crippen LogP contribution in [0.15, 0.2) is 23.1 Å². The lowest BCUT2D eigenvalue weighted by Crippen LogP contribution is -2.59. The van der Waals surface area contributed by atoms with Crippen molar-refractivity contribution in [1.82, 2.24) is 9.62 Å². The van der Waals surface area contributed by atoms with Crippen molar-refractivity contribution in [3.63, 3.8) is 0 Å². The molecule has 0 bridgehead atoms. The second-order valence-electron chi connectivity index (χ2n) is 5.66. The summed E-state index contributed by atoms with van der Waals surface area (Å²) in [6.45, 7) is 7.25. The number of hydrogen-bond acceptors (Lipinski definition) is 4. The van der Waals surface area contributed by atoms with Gasteiger partial charge in [0.1, 0.15) is 0 Å². The smallest absolute Gasteiger partial charge is 0.243 e. The molecule has 0 radical (unpaired) electrons. The van der Waals surface area contributed by atoms with Gasteiger partial charge in [-0.15, -0.1) is 0 Å². The molecule has 0 aliphatic carbocycles. The minimum Gasteiger partial charge on any atom is -0.314 e. The fourth-order valence-electron chi connectivity index (χ4n) is 2.48. The van der Waals surface area contributed by atoms with Crippen molar-refractivity contribution in [1.29, 1.82) is 5.26 Å². The van der Waals surface area contributed by atoms with Crippen molar-refractivity contribution in [3.05, 3.63) is 29.3 Å². The Kier molecular flexibility index (Phi) is 3.87. The molecule has 0 saturated carbocycles. The maximum absolute atomic E-state index is 12.9. The zero-order valence-electron chi connectivity index (χ0n) is 12.0. The molecule has 1 heterocycles. The summed E-state index contributed by atoms with van der Waals surface area (Å²) in [5, 5.41) is 12.2. The van der Waals surface area contributed by atoms with E-state index in [0.29, 0.717) is 30.8 Å². The minimum absolute atomic E-state index is 0.228. The van der Waals surface area contributed by atoms with Crippen LogP contribution in [-0.2, 0) is 10.0 Å². The monoisotopic (exact) mass is 293 g/mol. The molecular formula is C14H19N3O2S. The fourth-order valence-corrected chi connectivity index (χ4v) is 4.51. The molecular weight excluding hydrogens is 274 g/mol. The van der Waals surface area contributed by atoms with E-state index < -0.39 is 15.6 Å². The number of aryl methyl sites for hydroxylation is 1. The van der Waals surface area contributed by atoms with Gasteiger partial charge in [-0.05, 0) is 38.5 Å². The van der Waals surface area contributed by atoms with E-state index in [9.17, 15) is 8.42 Å². The molecule has 0 aromatic heterocycles. The van der Waals surface area contributed by atoms with Crippen molar-refractivity contribution < 1.29 is 8.42 Å². The normalized spacial score (nSPS) is 19.5. The third-order valence-corrected chi connectivity index (χ3v) is 5.86. The van der Waals surface area contributed by atoms with Gasteiger partial charge in [-0.25, -0.2) is 8.42 Å². The van der Waals surface area contributed by atoms with Gasteiger partial charge in [0.05, 0.1) is 16.5 Å². The van der Waals surface area contributed by atoms with E-state index in [4.69, 9.17) is 5.26 Å². The predicted octanol–water partition coefficient (Wildman–Crippen LogP) is 1.24. The van der Waals surface area contributed by atoms with Crippen LogP contribution < -0.4 is 5.32 Å². The average Bonchev–Trinajstić information content (AvgIpc) is 2.38. The second-order valence-corrected chi connectivity index (χ2v) is 7.49. The first-order valence-corrected chi connectivity index (χ1v) is 7.97. The zero-order valence-corrected chi connectivity index (χ0v) is 12.8. The Balaban J connectivity index is 2.53. The molecule has 2 rings (SSSR count). The Hall–Kier alpha value is -1.42. The molecule has 108 valence electrons. The fraction of sp³-hybridized carbons (Fsp3) is 0.500. The van der Waals surface area contributed by atoms with Crippen LogP contribution in [0.1, 0.15) is 25.0 Å². The lowest BCUT2D eigenvalue weighted by molar-refractivity contribution is 0.186. The van der Waals surface area contributed by atoms with Crippen molar-refractivity contribution >= 4 is 10.0 Å². The first-order chi connectivity index (χ1) is 9.29. The topological polar surface area (TPSA) is 73.2 Å². The number of hydrogen-bond donors (Lipinski definition) is 1. The van der Waals surface area contributed by atoms with E-state index in [-0.39, 0.29) is 4.90 Å². The number of piperazine rings is 1. The highest BCUT2D eigenvalue weighted by atomic mass is 32.2. The summed E-state index contributed by atoms with van der Waals surface area (Å²) in [6.07, 6.45) is 0. The third-order valence-electron chi connectivity index (χ3n) is 3.61. The number of benzene rings is 1. The first kappa shape index (κ1) is 15.0. The molecule has 6 heteroatoms. The van der Waals surface area contributed by atoms with Gasteiger partial charge in [-0.2, -0.15) is 9.57 Å². The molecule has 0 atom stereocenters. The molecule has 1 aromatic rings. The maximum atomic E-state index is 12.9. The van der Waals surface area contributed by atoms with Gasteiger partial charge >= 0.3 is 0 Å². The van der Waals surface area contributed by atoms with Crippen LogP contribution in [0.5, 0.6) is 0 Å². The van der Waals surface area contributed by atoms with E-state index in [2.05, 4.69) is 5.32 Å². The SMILES string of the molecule is Cc1ccc(C#N)cc1S(=O)(=O)N1CCNCC1(C)C. The summed E-state index contributed by atoms with van der Waals surface area (Å²) in [4.78, 5) is 0.228. The summed E-state index contributed by atoms with van der Waals surface area (Å²) in [7, 11) is -3.59. The molecule has 0 spiro atoms. The summed E-state index contributed by atoms with van der Waals surface area (Å²) in [5.41, 5.74) is 0.548. The number of nitrogens with one attached hydrogen (secondary N) is 1. The van der Waals surface area contributed by atoms with Crippen LogP contribution in [0.2, 0.25) is 0 Å². The van der Waals surface area contributed by atoms with E-state index >= 15 is 0 Å². The van der Waals surface area contributed by atoms with E-state index in [1.165, 1.54) is 10.4 Å². The van der Waals surface area contributed by atoms with Crippen molar-refractivity contribution in [3.8, 4) is 6.07 Å². The Morgan fingerprint density at radius 3 is 2.70 bits per heavy atom. The van der Waals surface area contributed by atoms with Crippen LogP contribution in [-0.4, -0.2) is 37.9 Å². The number of nitriles is 1. The Morgan fingerprint density at radius 2 is 2.10 bits per heavy atom. The van der Waals surface area contributed by atoms with Crippen molar-refractivity contribution in [2.75, 3.05) is 19.6 Å². The highest BCUT2D eigenvalue weighted by molar-refractivity contribution is 7.89. The van der Waals surface area contributed by atoms with Crippen LogP contribution in [0.25, 0.3) is 0 Å². The second kappa shape index (κ2) is 5.17. The summed E-state index contributed by atoms with van der Waals surface area (Å²) < 4.78 is 27.3. The number of rotatable bonds is 2. The molecule has 5 nitrogen and oxygen atoms in total. The molecule has 1 aliphatic heterocycles. The molecule has 1 aliphatic rings. The van der Waals surface area contributed by atoms with E-state index in [0.717, 1.165) is 0 Å². The molecule has 1 saturated heterocycles. The highest BCUT2D eigenvalue weighted by Crippen LogP contribution is 2.28. The van der Waals surface area contributed by atoms with Gasteiger partial charge < -0.3 is 5.32 Å². The standard InChI is InChI=1S/C14H19N3O2S/c1-11-4-5-12(9-15)8-13(11)20(18,19)17-7-6-16-10-14(17,2)3/h4-5,8,16H,6-7,10H2,1-3H3. The van der Waals surface area contributed by atoms with Gasteiger partial charge in [-0.3, -0.25) is 0 Å². The summed E-state index contributed by atoms with van der Waals surface area (Å²) >= 11 is 0. The van der Waals surface area contributed by atoms with Gasteiger partial charge in [-0.1, -0.05) is 6.07 Å². The van der Waals surface area contributed by atoms with Gasteiger partial charge in [0, 0.05) is 25.2 Å². The average molecular weight is 293 g/mol. The Labute approximate surface area is 120 Å². The van der Waals surface area contributed by atoms with Crippen LogP contribution in [0, 0.1) is 18.3 Å². The van der Waals surface area contributed by atoms with E-state index in [1.54, 1.807) is 19.1 Å². The Morgan fingerprint density at radius 1 is 1.40 bits per heavy atom. The summed E-state index contributed by atoms with van der Waals surface area (Å²) in [5.74, 6) is 0. The highest BCUT2D eigenvalue weighted by Gasteiger charge is 2.39. The number of sulfonamides is 1. The predicted molar refractivity (Wildman–Crippen MR) is 76.7 cm³/mol. The molecule has 1 N–H and O–H groups in total. The third kappa shape index (κ3) is 2.57. The van der Waals surface area contributed by atoms with Gasteiger partial charge in [0.15, 0.2) is 0 Å². The largest absolute Gasteiger partial charge is 0.314 e. The van der Waals surface area contributed by atoms with Crippen molar-refractivity contribution in [2.24, 2.45) is 0 Å². The molecule has 20 heavy (non-hydrogen) atoms. The lowest BCUT2D eigenvalue weighted by atomic mass is 10.0. The maximum Gasteiger partial charge on any atom is 0.243 e. The lowest BCUT2D eigenvalue weighted by Gasteiger charge is -2.41. The van der Waals surface area contributed by atoms with Crippen LogP contribution >= 0.6 is 0 Å². The van der Waals surface area contributed by atoms with Crippen LogP contribution in [0.4, 0.5) is 0 Å². The first-order valence-electron chi connectivity index (χ1n) is 6.53. The molecule has 1 aromatic carbocycles. The number of nitrogens with zero attached hydrogens (tertiary/aromatic N) is 2. The molecule has 0 amide bonds. The Bertz CT molecular complexity index is 659. The van der Waals surface area contributed by atoms with E-state index in [1.807, 2.05) is 19.9 Å². The quantitative estimate of drug-likeness (QED) is 0.890. The molecule has 0 unspecified atom stereocenters. The van der Waals surface area contributed by atoms with Crippen LogP contribution in [0.3, 0.4) is 0 Å². The summed E-state index contributed by atoms with van der Waals surface area (Å²) in [6, 6.07) is 6.77. The van der Waals surface area contributed by atoms with Gasteiger partial charge in [0.2, 0.25) is 10.0 Å². The molecule has 1 fully saturated rings. The van der Waals surface area contributed by atoms with Crippen molar-refractivity contribution in [2.45, 2.75) is 31.2 Å². The minimum atomic E-state index is -3.59.